The molecule has 2 N–H and O–H groups in total. The van der Waals surface area contributed by atoms with E-state index < -0.39 is 5.91 Å². The summed E-state index contributed by atoms with van der Waals surface area (Å²) in [5.74, 6) is 0.0550. The van der Waals surface area contributed by atoms with Crippen LogP contribution < -0.4 is 24.8 Å². The number of rotatable bonds is 7. The minimum absolute atomic E-state index is 0.0506. The van der Waals surface area contributed by atoms with Crippen LogP contribution in [0.2, 0.25) is 0 Å². The van der Waals surface area contributed by atoms with E-state index in [1.54, 1.807) is 36.4 Å². The number of ether oxygens (including phenoxy) is 3. The zero-order valence-electron chi connectivity index (χ0n) is 17.2. The molecule has 0 saturated heterocycles. The maximum Gasteiger partial charge on any atom is 0.262 e. The van der Waals surface area contributed by atoms with Crippen LogP contribution in [0.15, 0.2) is 66.7 Å². The van der Waals surface area contributed by atoms with Gasteiger partial charge in [-0.25, -0.2) is 0 Å². The molecule has 162 valence electrons. The fourth-order valence-corrected chi connectivity index (χ4v) is 3.17. The van der Waals surface area contributed by atoms with Crippen molar-refractivity contribution in [3.05, 3.63) is 77.9 Å². The molecule has 0 unspecified atom stereocenters. The van der Waals surface area contributed by atoms with Gasteiger partial charge in [0.25, 0.3) is 11.8 Å². The Morgan fingerprint density at radius 3 is 2.31 bits per heavy atom. The number of hydrogen-bond donors (Lipinski definition) is 2. The number of fused-ring (bicyclic) bond motifs is 1. The summed E-state index contributed by atoms with van der Waals surface area (Å²) in [6, 6.07) is 18.7. The summed E-state index contributed by atoms with van der Waals surface area (Å²) in [6.07, 6.45) is 0. The third kappa shape index (κ3) is 4.70. The smallest absolute Gasteiger partial charge is 0.262 e. The Kier molecular flexibility index (Phi) is 6.03. The maximum absolute atomic E-state index is 12.6. The zero-order valence-corrected chi connectivity index (χ0v) is 17.2. The molecule has 32 heavy (non-hydrogen) atoms. The number of anilines is 2. The minimum Gasteiger partial charge on any atom is -0.483 e. The van der Waals surface area contributed by atoms with E-state index in [1.165, 1.54) is 19.1 Å². The number of carbonyl (C=O) groups excluding carboxylic acids is 3. The third-order valence-electron chi connectivity index (χ3n) is 4.69. The molecule has 0 atom stereocenters. The van der Waals surface area contributed by atoms with Crippen molar-refractivity contribution in [3.63, 3.8) is 0 Å². The van der Waals surface area contributed by atoms with E-state index >= 15 is 0 Å². The van der Waals surface area contributed by atoms with Crippen molar-refractivity contribution in [2.45, 2.75) is 6.92 Å². The number of nitrogens with one attached hydrogen (secondary N) is 2. The predicted molar refractivity (Wildman–Crippen MR) is 118 cm³/mol. The van der Waals surface area contributed by atoms with Gasteiger partial charge < -0.3 is 24.8 Å². The van der Waals surface area contributed by atoms with Crippen molar-refractivity contribution >= 4 is 29.0 Å². The van der Waals surface area contributed by atoms with Gasteiger partial charge in [0.1, 0.15) is 5.75 Å². The van der Waals surface area contributed by atoms with Crippen LogP contribution in [0, 0.1) is 0 Å². The number of amides is 2. The number of hydrogen-bond acceptors (Lipinski definition) is 6. The molecule has 0 saturated carbocycles. The molecule has 4 rings (SSSR count). The lowest BCUT2D eigenvalue weighted by Gasteiger charge is -2.13. The molecule has 1 heterocycles. The second kappa shape index (κ2) is 9.22. The fourth-order valence-electron chi connectivity index (χ4n) is 3.17. The minimum atomic E-state index is -0.496. The Bertz CT molecular complexity index is 1180. The van der Waals surface area contributed by atoms with Gasteiger partial charge in [-0.05, 0) is 37.3 Å². The van der Waals surface area contributed by atoms with E-state index in [0.717, 1.165) is 0 Å². The molecule has 0 radical (unpaired) electrons. The largest absolute Gasteiger partial charge is 0.483 e. The van der Waals surface area contributed by atoms with Crippen molar-refractivity contribution in [1.82, 2.24) is 0 Å². The van der Waals surface area contributed by atoms with Crippen LogP contribution in [0.1, 0.15) is 27.6 Å². The summed E-state index contributed by atoms with van der Waals surface area (Å²) in [5, 5.41) is 5.45. The van der Waals surface area contributed by atoms with Gasteiger partial charge in [-0.3, -0.25) is 14.4 Å². The number of benzene rings is 3. The highest BCUT2D eigenvalue weighted by Gasteiger charge is 2.21. The number of ketones is 1. The summed E-state index contributed by atoms with van der Waals surface area (Å²) < 4.78 is 16.2. The first-order valence-corrected chi connectivity index (χ1v) is 9.84. The van der Waals surface area contributed by atoms with Crippen LogP contribution in [0.25, 0.3) is 0 Å². The molecule has 0 aliphatic carbocycles. The summed E-state index contributed by atoms with van der Waals surface area (Å²) in [4.78, 5) is 37.1. The quantitative estimate of drug-likeness (QED) is 0.549. The molecule has 2 amide bonds. The van der Waals surface area contributed by atoms with Crippen LogP contribution in [0.5, 0.6) is 17.2 Å². The highest BCUT2D eigenvalue weighted by molar-refractivity contribution is 6.07. The zero-order chi connectivity index (χ0) is 22.5. The summed E-state index contributed by atoms with van der Waals surface area (Å²) in [7, 11) is 0. The van der Waals surface area contributed by atoms with Gasteiger partial charge in [0.2, 0.25) is 6.79 Å². The summed E-state index contributed by atoms with van der Waals surface area (Å²) in [5.41, 5.74) is 1.52. The molecule has 0 aromatic heterocycles. The van der Waals surface area contributed by atoms with Crippen LogP contribution in [-0.4, -0.2) is 31.0 Å². The van der Waals surface area contributed by atoms with Crippen LogP contribution in [0.4, 0.5) is 11.4 Å². The van der Waals surface area contributed by atoms with Crippen LogP contribution >= 0.6 is 0 Å². The number of carbonyl (C=O) groups is 3. The standard InChI is InChI=1S/C24H20N2O6/c1-15(27)18-11-21-22(32-14-31-21)12-19(18)26-23(28)13-30-20-10-6-5-9-17(20)24(29)25-16-7-3-2-4-8-16/h2-12H,13-14H2,1H3,(H,25,29)(H,26,28). The molecular weight excluding hydrogens is 412 g/mol. The molecule has 8 heteroatoms. The van der Waals surface area contributed by atoms with Crippen LogP contribution in [-0.2, 0) is 4.79 Å². The third-order valence-corrected chi connectivity index (χ3v) is 4.69. The Balaban J connectivity index is 1.44. The summed E-state index contributed by atoms with van der Waals surface area (Å²) in [6.45, 7) is 1.09. The van der Waals surface area contributed by atoms with E-state index in [-0.39, 0.29) is 36.4 Å². The Morgan fingerprint density at radius 2 is 1.56 bits per heavy atom. The van der Waals surface area contributed by atoms with Crippen LogP contribution in [0.3, 0.4) is 0 Å². The second-order valence-corrected chi connectivity index (χ2v) is 6.96. The first kappa shape index (κ1) is 20.9. The second-order valence-electron chi connectivity index (χ2n) is 6.96. The van der Waals surface area contributed by atoms with Gasteiger partial charge >= 0.3 is 0 Å². The lowest BCUT2D eigenvalue weighted by molar-refractivity contribution is -0.118. The molecule has 1 aliphatic rings. The Hall–Kier alpha value is -4.33. The van der Waals surface area contributed by atoms with Gasteiger partial charge in [-0.15, -0.1) is 0 Å². The molecule has 3 aromatic rings. The highest BCUT2D eigenvalue weighted by Crippen LogP contribution is 2.37. The van der Waals surface area contributed by atoms with Gasteiger partial charge in [0.15, 0.2) is 23.9 Å². The maximum atomic E-state index is 12.6. The average Bonchev–Trinajstić information content (AvgIpc) is 3.25. The molecule has 0 bridgehead atoms. The van der Waals surface area contributed by atoms with E-state index in [2.05, 4.69) is 10.6 Å². The highest BCUT2D eigenvalue weighted by atomic mass is 16.7. The monoisotopic (exact) mass is 432 g/mol. The van der Waals surface area contributed by atoms with Gasteiger partial charge in [-0.1, -0.05) is 30.3 Å². The predicted octanol–water partition coefficient (Wildman–Crippen LogP) is 3.89. The lowest BCUT2D eigenvalue weighted by atomic mass is 10.1. The van der Waals surface area contributed by atoms with Gasteiger partial charge in [-0.2, -0.15) is 0 Å². The van der Waals surface area contributed by atoms with Crippen molar-refractivity contribution < 1.29 is 28.6 Å². The normalized spacial score (nSPS) is 11.5. The Labute approximate surface area is 184 Å². The van der Waals surface area contributed by atoms with E-state index in [4.69, 9.17) is 14.2 Å². The number of Topliss-reactive ketones (excluding diaryl/α,β-unsaturated/α-hetero) is 1. The van der Waals surface area contributed by atoms with Gasteiger partial charge in [0, 0.05) is 17.3 Å². The van der Waals surface area contributed by atoms with Crippen molar-refractivity contribution in [2.75, 3.05) is 24.0 Å². The first-order chi connectivity index (χ1) is 15.5. The average molecular weight is 432 g/mol. The van der Waals surface area contributed by atoms with E-state index in [9.17, 15) is 14.4 Å². The molecule has 8 nitrogen and oxygen atoms in total. The molecular formula is C24H20N2O6. The van der Waals surface area contributed by atoms with Crippen molar-refractivity contribution in [1.29, 1.82) is 0 Å². The van der Waals surface area contributed by atoms with Crippen molar-refractivity contribution in [3.8, 4) is 17.2 Å². The molecule has 0 fully saturated rings. The van der Waals surface area contributed by atoms with Gasteiger partial charge in [0.05, 0.1) is 11.3 Å². The van der Waals surface area contributed by atoms with Crippen molar-refractivity contribution in [2.24, 2.45) is 0 Å². The van der Waals surface area contributed by atoms with E-state index in [1.807, 2.05) is 18.2 Å². The molecule has 0 spiro atoms. The lowest BCUT2D eigenvalue weighted by Crippen LogP contribution is -2.22. The Morgan fingerprint density at radius 1 is 0.875 bits per heavy atom. The fraction of sp³-hybridized carbons (Fsp3) is 0.125. The number of para-hydroxylation sites is 2. The topological polar surface area (TPSA) is 103 Å². The van der Waals surface area contributed by atoms with E-state index in [0.29, 0.717) is 28.4 Å². The molecule has 3 aromatic carbocycles. The molecule has 1 aliphatic heterocycles. The first-order valence-electron chi connectivity index (χ1n) is 9.84. The SMILES string of the molecule is CC(=O)c1cc2c(cc1NC(=O)COc1ccccc1C(=O)Nc1ccccc1)OCO2. The summed E-state index contributed by atoms with van der Waals surface area (Å²) >= 11 is 0.